The minimum atomic E-state index is -0.731. The first-order valence-electron chi connectivity index (χ1n) is 5.07. The van der Waals surface area contributed by atoms with Crippen LogP contribution in [0.2, 0.25) is 0 Å². The Morgan fingerprint density at radius 1 is 1.50 bits per heavy atom. The second kappa shape index (κ2) is 7.76. The van der Waals surface area contributed by atoms with Gasteiger partial charge in [0.1, 0.15) is 0 Å². The second-order valence-corrected chi connectivity index (χ2v) is 3.60. The maximum atomic E-state index is 10.9. The van der Waals surface area contributed by atoms with Crippen LogP contribution in [0, 0.1) is 5.92 Å². The molecule has 14 heavy (non-hydrogen) atoms. The average Bonchev–Trinajstić information content (AvgIpc) is 2.16. The smallest absolute Gasteiger partial charge is 0.306 e. The van der Waals surface area contributed by atoms with E-state index in [1.54, 1.807) is 7.11 Å². The van der Waals surface area contributed by atoms with E-state index in [4.69, 9.17) is 15.6 Å². The summed E-state index contributed by atoms with van der Waals surface area (Å²) < 4.78 is 5.05. The molecule has 84 valence electrons. The average molecular weight is 203 g/mol. The number of hydrogen-bond acceptors (Lipinski definition) is 3. The Morgan fingerprint density at radius 3 is 2.57 bits per heavy atom. The number of methoxy groups -OCH3 is 1. The van der Waals surface area contributed by atoms with Crippen LogP contribution in [-0.4, -0.2) is 30.8 Å². The predicted octanol–water partition coefficient (Wildman–Crippen LogP) is 1.24. The first kappa shape index (κ1) is 13.4. The number of aliphatic carboxylic acids is 1. The highest BCUT2D eigenvalue weighted by molar-refractivity contribution is 5.69. The molecule has 0 aliphatic heterocycles. The molecular formula is C10H21NO3. The van der Waals surface area contributed by atoms with Gasteiger partial charge in [0.25, 0.3) is 0 Å². The van der Waals surface area contributed by atoms with Crippen LogP contribution in [0.25, 0.3) is 0 Å². The Bertz CT molecular complexity index is 161. The summed E-state index contributed by atoms with van der Waals surface area (Å²) in [5.74, 6) is -1.03. The molecule has 0 amide bonds. The Kier molecular flexibility index (Phi) is 7.42. The molecular weight excluding hydrogens is 182 g/mol. The van der Waals surface area contributed by atoms with Gasteiger partial charge in [-0.05, 0) is 32.7 Å². The van der Waals surface area contributed by atoms with Crippen molar-refractivity contribution in [2.45, 2.75) is 38.7 Å². The Balaban J connectivity index is 3.84. The summed E-state index contributed by atoms with van der Waals surface area (Å²) in [5.41, 5.74) is 5.35. The molecule has 0 aliphatic carbocycles. The molecule has 0 fully saturated rings. The normalized spacial score (nSPS) is 15.1. The molecule has 0 radical (unpaired) electrons. The van der Waals surface area contributed by atoms with Crippen molar-refractivity contribution in [3.05, 3.63) is 0 Å². The molecule has 0 aliphatic rings. The van der Waals surface area contributed by atoms with Crippen LogP contribution < -0.4 is 5.73 Å². The molecule has 2 atom stereocenters. The number of hydrogen-bond donors (Lipinski definition) is 2. The maximum Gasteiger partial charge on any atom is 0.306 e. The van der Waals surface area contributed by atoms with Gasteiger partial charge in [-0.2, -0.15) is 0 Å². The molecule has 0 rings (SSSR count). The fourth-order valence-corrected chi connectivity index (χ4v) is 1.37. The Hall–Kier alpha value is -0.610. The van der Waals surface area contributed by atoms with Crippen molar-refractivity contribution in [1.29, 1.82) is 0 Å². The summed E-state index contributed by atoms with van der Waals surface area (Å²) >= 11 is 0. The summed E-state index contributed by atoms with van der Waals surface area (Å²) in [5, 5.41) is 8.93. The lowest BCUT2D eigenvalue weighted by Gasteiger charge is -2.16. The lowest BCUT2D eigenvalue weighted by molar-refractivity contribution is -0.143. The van der Waals surface area contributed by atoms with Gasteiger partial charge in [0, 0.05) is 7.11 Å². The van der Waals surface area contributed by atoms with Crippen LogP contribution in [0.3, 0.4) is 0 Å². The highest BCUT2D eigenvalue weighted by Crippen LogP contribution is 2.16. The van der Waals surface area contributed by atoms with Gasteiger partial charge in [-0.3, -0.25) is 4.79 Å². The van der Waals surface area contributed by atoms with Crippen molar-refractivity contribution in [3.8, 4) is 0 Å². The van der Waals surface area contributed by atoms with Crippen molar-refractivity contribution < 1.29 is 14.6 Å². The van der Waals surface area contributed by atoms with Gasteiger partial charge in [-0.25, -0.2) is 0 Å². The first-order valence-corrected chi connectivity index (χ1v) is 5.07. The summed E-state index contributed by atoms with van der Waals surface area (Å²) in [4.78, 5) is 10.9. The molecule has 0 aromatic carbocycles. The molecule has 4 nitrogen and oxygen atoms in total. The zero-order chi connectivity index (χ0) is 11.0. The van der Waals surface area contributed by atoms with Crippen molar-refractivity contribution in [2.75, 3.05) is 13.7 Å². The zero-order valence-electron chi connectivity index (χ0n) is 9.03. The van der Waals surface area contributed by atoms with Gasteiger partial charge in [0.15, 0.2) is 0 Å². The van der Waals surface area contributed by atoms with Crippen molar-refractivity contribution in [1.82, 2.24) is 0 Å². The summed E-state index contributed by atoms with van der Waals surface area (Å²) in [6.07, 6.45) is 3.06. The van der Waals surface area contributed by atoms with Gasteiger partial charge in [-0.1, -0.05) is 6.42 Å². The topological polar surface area (TPSA) is 72.5 Å². The third-order valence-corrected chi connectivity index (χ3v) is 2.37. The van der Waals surface area contributed by atoms with E-state index >= 15 is 0 Å². The number of carbonyl (C=O) groups is 1. The Morgan fingerprint density at radius 2 is 2.14 bits per heavy atom. The number of nitrogens with two attached hydrogens (primary N) is 1. The molecule has 4 heteroatoms. The lowest BCUT2D eigenvalue weighted by atomic mass is 9.96. The molecule has 0 aromatic rings. The second-order valence-electron chi connectivity index (χ2n) is 3.60. The van der Waals surface area contributed by atoms with Crippen molar-refractivity contribution >= 4 is 5.97 Å². The van der Waals surface area contributed by atoms with Gasteiger partial charge in [-0.15, -0.1) is 0 Å². The number of unbranched alkanes of at least 4 members (excludes halogenated alkanes) is 1. The van der Waals surface area contributed by atoms with Crippen molar-refractivity contribution in [2.24, 2.45) is 11.7 Å². The molecule has 0 spiro atoms. The number of ether oxygens (including phenoxy) is 1. The van der Waals surface area contributed by atoms with Crippen LogP contribution in [-0.2, 0) is 9.53 Å². The molecule has 0 heterocycles. The van der Waals surface area contributed by atoms with E-state index in [1.165, 1.54) is 0 Å². The quantitative estimate of drug-likeness (QED) is 0.582. The molecule has 2 unspecified atom stereocenters. The van der Waals surface area contributed by atoms with Crippen LogP contribution in [0.5, 0.6) is 0 Å². The number of rotatable bonds is 8. The van der Waals surface area contributed by atoms with E-state index in [2.05, 4.69) is 0 Å². The fourth-order valence-electron chi connectivity index (χ4n) is 1.37. The van der Waals surface area contributed by atoms with Crippen molar-refractivity contribution in [3.63, 3.8) is 0 Å². The van der Waals surface area contributed by atoms with Gasteiger partial charge in [0.05, 0.1) is 12.0 Å². The lowest BCUT2D eigenvalue weighted by Crippen LogP contribution is -2.20. The van der Waals surface area contributed by atoms with Gasteiger partial charge < -0.3 is 15.6 Å². The Labute approximate surface area is 85.4 Å². The molecule has 0 aromatic heterocycles. The minimum Gasteiger partial charge on any atom is -0.481 e. The highest BCUT2D eigenvalue weighted by Gasteiger charge is 2.19. The number of carboxylic acid groups (broad SMARTS) is 1. The van der Waals surface area contributed by atoms with Crippen LogP contribution >= 0.6 is 0 Å². The first-order chi connectivity index (χ1) is 6.61. The van der Waals surface area contributed by atoms with E-state index < -0.39 is 5.97 Å². The van der Waals surface area contributed by atoms with E-state index in [0.717, 1.165) is 12.8 Å². The molecule has 3 N–H and O–H groups in total. The third kappa shape index (κ3) is 5.94. The van der Waals surface area contributed by atoms with Crippen LogP contribution in [0.15, 0.2) is 0 Å². The zero-order valence-corrected chi connectivity index (χ0v) is 9.03. The molecule has 0 bridgehead atoms. The van der Waals surface area contributed by atoms with E-state index in [9.17, 15) is 4.79 Å². The highest BCUT2D eigenvalue weighted by atomic mass is 16.5. The van der Waals surface area contributed by atoms with Gasteiger partial charge >= 0.3 is 5.97 Å². The predicted molar refractivity (Wildman–Crippen MR) is 55.1 cm³/mol. The molecule has 0 saturated heterocycles. The summed E-state index contributed by atoms with van der Waals surface area (Å²) in [6.45, 7) is 2.52. The third-order valence-electron chi connectivity index (χ3n) is 2.37. The van der Waals surface area contributed by atoms with E-state index in [-0.39, 0.29) is 12.0 Å². The van der Waals surface area contributed by atoms with Crippen LogP contribution in [0.4, 0.5) is 0 Å². The minimum absolute atomic E-state index is 0.00831. The van der Waals surface area contributed by atoms with E-state index in [1.807, 2.05) is 6.92 Å². The van der Waals surface area contributed by atoms with Crippen LogP contribution in [0.1, 0.15) is 32.6 Å². The SMILES string of the molecule is COC(C)CC(CCCCN)C(=O)O. The summed E-state index contributed by atoms with van der Waals surface area (Å²) in [7, 11) is 1.60. The maximum absolute atomic E-state index is 10.9. The number of carboxylic acids is 1. The summed E-state index contributed by atoms with van der Waals surface area (Å²) in [6, 6.07) is 0. The largest absolute Gasteiger partial charge is 0.481 e. The fraction of sp³-hybridized carbons (Fsp3) is 0.900. The van der Waals surface area contributed by atoms with E-state index in [0.29, 0.717) is 19.4 Å². The monoisotopic (exact) mass is 203 g/mol. The van der Waals surface area contributed by atoms with Gasteiger partial charge in [0.2, 0.25) is 0 Å². The standard InChI is InChI=1S/C10H21NO3/c1-8(14-2)7-9(10(12)13)5-3-4-6-11/h8-9H,3-7,11H2,1-2H3,(H,12,13). The molecule has 0 saturated carbocycles.